The lowest BCUT2D eigenvalue weighted by atomic mass is 9.92. The van der Waals surface area contributed by atoms with Gasteiger partial charge in [-0.15, -0.1) is 0 Å². The molecule has 2 saturated heterocycles. The van der Waals surface area contributed by atoms with Gasteiger partial charge < -0.3 is 20.1 Å². The summed E-state index contributed by atoms with van der Waals surface area (Å²) in [6.07, 6.45) is 7.37. The minimum Gasteiger partial charge on any atom is -0.372 e. The molecule has 4 heterocycles. The largest absolute Gasteiger partial charge is 0.372 e. The molecule has 4 aliphatic rings. The average Bonchev–Trinajstić information content (AvgIpc) is 3.53. The molecule has 172 valence electrons. The lowest BCUT2D eigenvalue weighted by molar-refractivity contribution is 0.0199. The Balaban J connectivity index is 0.000000135. The van der Waals surface area contributed by atoms with E-state index in [1.165, 1.54) is 47.9 Å². The molecule has 2 aromatic rings. The third-order valence-electron chi connectivity index (χ3n) is 7.09. The highest BCUT2D eigenvalue weighted by Gasteiger charge is 2.31. The summed E-state index contributed by atoms with van der Waals surface area (Å²) < 4.78 is 11.8. The van der Waals surface area contributed by atoms with Crippen LogP contribution in [-0.4, -0.2) is 38.4 Å². The van der Waals surface area contributed by atoms with Gasteiger partial charge in [-0.2, -0.15) is 0 Å². The van der Waals surface area contributed by atoms with Crippen LogP contribution < -0.4 is 10.6 Å². The summed E-state index contributed by atoms with van der Waals surface area (Å²) in [6, 6.07) is 13.3. The SMILES string of the molecule is Clc1ccc2c(c1)CCO[C@@H]2[C@@H]1CCCN1.Clc1ccc2c(c1)CCO[C@H]2[C@@H]1CCCN1. The first-order valence-corrected chi connectivity index (χ1v) is 12.7. The van der Waals surface area contributed by atoms with Crippen molar-refractivity contribution in [3.05, 3.63) is 68.7 Å². The van der Waals surface area contributed by atoms with E-state index < -0.39 is 0 Å². The molecule has 0 amide bonds. The first kappa shape index (κ1) is 22.6. The molecule has 0 spiro atoms. The van der Waals surface area contributed by atoms with Gasteiger partial charge in [0.2, 0.25) is 0 Å². The fraction of sp³-hybridized carbons (Fsp3) is 0.538. The van der Waals surface area contributed by atoms with Crippen molar-refractivity contribution in [1.29, 1.82) is 0 Å². The van der Waals surface area contributed by atoms with Crippen molar-refractivity contribution in [3.8, 4) is 0 Å². The fourth-order valence-electron chi connectivity index (χ4n) is 5.51. The van der Waals surface area contributed by atoms with Gasteiger partial charge in [0.15, 0.2) is 0 Å². The summed E-state index contributed by atoms with van der Waals surface area (Å²) in [5.74, 6) is 0. The summed E-state index contributed by atoms with van der Waals surface area (Å²) in [6.45, 7) is 3.87. The second-order valence-corrected chi connectivity index (χ2v) is 10.0. The molecule has 4 atom stereocenters. The highest BCUT2D eigenvalue weighted by Crippen LogP contribution is 2.35. The van der Waals surface area contributed by atoms with Gasteiger partial charge in [-0.05, 0) is 98.1 Å². The van der Waals surface area contributed by atoms with Crippen LogP contribution in [0.15, 0.2) is 36.4 Å². The zero-order valence-electron chi connectivity index (χ0n) is 18.4. The first-order chi connectivity index (χ1) is 15.7. The van der Waals surface area contributed by atoms with Crippen LogP contribution in [0.2, 0.25) is 10.0 Å². The molecule has 2 N–H and O–H groups in total. The number of hydrogen-bond acceptors (Lipinski definition) is 4. The van der Waals surface area contributed by atoms with Gasteiger partial charge in [0.25, 0.3) is 0 Å². The van der Waals surface area contributed by atoms with E-state index in [4.69, 9.17) is 32.7 Å². The van der Waals surface area contributed by atoms with Crippen LogP contribution in [0.5, 0.6) is 0 Å². The Morgan fingerprint density at radius 2 is 1.16 bits per heavy atom. The van der Waals surface area contributed by atoms with Crippen LogP contribution in [0.1, 0.15) is 60.1 Å². The number of fused-ring (bicyclic) bond motifs is 2. The molecule has 0 unspecified atom stereocenters. The van der Waals surface area contributed by atoms with Gasteiger partial charge >= 0.3 is 0 Å². The second kappa shape index (κ2) is 10.4. The van der Waals surface area contributed by atoms with Crippen LogP contribution >= 0.6 is 23.2 Å². The number of ether oxygens (including phenoxy) is 2. The number of halogens is 2. The van der Waals surface area contributed by atoms with Crippen LogP contribution in [0.4, 0.5) is 0 Å². The van der Waals surface area contributed by atoms with Crippen molar-refractivity contribution in [3.63, 3.8) is 0 Å². The lowest BCUT2D eigenvalue weighted by Crippen LogP contribution is -2.33. The van der Waals surface area contributed by atoms with E-state index in [1.54, 1.807) is 0 Å². The maximum atomic E-state index is 6.03. The van der Waals surface area contributed by atoms with Gasteiger partial charge in [0.05, 0.1) is 25.4 Å². The second-order valence-electron chi connectivity index (χ2n) is 9.17. The smallest absolute Gasteiger partial charge is 0.0980 e. The minimum atomic E-state index is 0.225. The molecule has 4 nitrogen and oxygen atoms in total. The molecular weight excluding hydrogens is 443 g/mol. The lowest BCUT2D eigenvalue weighted by Gasteiger charge is -2.30. The highest BCUT2D eigenvalue weighted by atomic mass is 35.5. The quantitative estimate of drug-likeness (QED) is 0.610. The molecule has 6 heteroatoms. The molecule has 4 aliphatic heterocycles. The molecular formula is C26H32Cl2N2O2. The zero-order chi connectivity index (χ0) is 21.9. The summed E-state index contributed by atoms with van der Waals surface area (Å²) in [4.78, 5) is 0. The molecule has 32 heavy (non-hydrogen) atoms. The van der Waals surface area contributed by atoms with E-state index in [1.807, 2.05) is 12.1 Å². The maximum Gasteiger partial charge on any atom is 0.0980 e. The minimum absolute atomic E-state index is 0.225. The predicted octanol–water partition coefficient (Wildman–Crippen LogP) is 5.41. The number of hydrogen-bond donors (Lipinski definition) is 2. The Bertz CT molecular complexity index is 851. The standard InChI is InChI=1S/2C13H16ClNO/c2*14-10-3-4-11-9(8-10)5-7-16-13(11)12-2-1-6-15-12/h2*3-4,8,12-13,15H,1-2,5-7H2/t12-,13+;12-,13-/m00/s1. The van der Waals surface area contributed by atoms with Gasteiger partial charge in [0, 0.05) is 22.1 Å². The summed E-state index contributed by atoms with van der Waals surface area (Å²) >= 11 is 12.1. The maximum absolute atomic E-state index is 6.03. The Morgan fingerprint density at radius 3 is 1.56 bits per heavy atom. The molecule has 0 radical (unpaired) electrons. The van der Waals surface area contributed by atoms with Crippen molar-refractivity contribution in [1.82, 2.24) is 10.6 Å². The number of rotatable bonds is 2. The summed E-state index contributed by atoms with van der Waals surface area (Å²) in [5.41, 5.74) is 5.38. The Hall–Kier alpha value is -1.14. The van der Waals surface area contributed by atoms with Crippen molar-refractivity contribution in [2.75, 3.05) is 26.3 Å². The van der Waals surface area contributed by atoms with Crippen LogP contribution in [0, 0.1) is 0 Å². The van der Waals surface area contributed by atoms with E-state index >= 15 is 0 Å². The Morgan fingerprint density at radius 1 is 0.688 bits per heavy atom. The van der Waals surface area contributed by atoms with Gasteiger partial charge in [-0.25, -0.2) is 0 Å². The van der Waals surface area contributed by atoms with Gasteiger partial charge in [-0.3, -0.25) is 0 Å². The van der Waals surface area contributed by atoms with Gasteiger partial charge in [0.1, 0.15) is 0 Å². The monoisotopic (exact) mass is 474 g/mol. The molecule has 0 saturated carbocycles. The van der Waals surface area contributed by atoms with Gasteiger partial charge in [-0.1, -0.05) is 35.3 Å². The average molecular weight is 475 g/mol. The summed E-state index contributed by atoms with van der Waals surface area (Å²) in [5, 5.41) is 8.71. The highest BCUT2D eigenvalue weighted by molar-refractivity contribution is 6.30. The van der Waals surface area contributed by atoms with Crippen molar-refractivity contribution in [2.45, 2.75) is 62.8 Å². The Kier molecular flexibility index (Phi) is 7.37. The third kappa shape index (κ3) is 5.01. The molecule has 6 rings (SSSR count). The van der Waals surface area contributed by atoms with E-state index in [-0.39, 0.29) is 12.2 Å². The van der Waals surface area contributed by atoms with E-state index in [0.717, 1.165) is 49.2 Å². The van der Waals surface area contributed by atoms with E-state index in [9.17, 15) is 0 Å². The van der Waals surface area contributed by atoms with E-state index in [0.29, 0.717) is 12.1 Å². The molecule has 2 fully saturated rings. The topological polar surface area (TPSA) is 42.5 Å². The van der Waals surface area contributed by atoms with E-state index in [2.05, 4.69) is 34.9 Å². The Labute approximate surface area is 201 Å². The van der Waals surface area contributed by atoms with Crippen molar-refractivity contribution >= 4 is 23.2 Å². The molecule has 2 aromatic carbocycles. The van der Waals surface area contributed by atoms with Crippen molar-refractivity contribution in [2.24, 2.45) is 0 Å². The van der Waals surface area contributed by atoms with Crippen LogP contribution in [-0.2, 0) is 22.3 Å². The first-order valence-electron chi connectivity index (χ1n) is 12.0. The molecule has 0 bridgehead atoms. The van der Waals surface area contributed by atoms with Crippen LogP contribution in [0.3, 0.4) is 0 Å². The van der Waals surface area contributed by atoms with Crippen molar-refractivity contribution < 1.29 is 9.47 Å². The third-order valence-corrected chi connectivity index (χ3v) is 7.56. The molecule has 0 aliphatic carbocycles. The summed E-state index contributed by atoms with van der Waals surface area (Å²) in [7, 11) is 0. The molecule has 0 aromatic heterocycles. The number of nitrogens with one attached hydrogen (secondary N) is 2. The van der Waals surface area contributed by atoms with Crippen LogP contribution in [0.25, 0.3) is 0 Å². The fourth-order valence-corrected chi connectivity index (χ4v) is 5.90. The number of benzene rings is 2. The predicted molar refractivity (Wildman–Crippen MR) is 130 cm³/mol. The zero-order valence-corrected chi connectivity index (χ0v) is 19.9. The normalized spacial score (nSPS) is 29.1.